The van der Waals surface area contributed by atoms with Crippen molar-refractivity contribution >= 4 is 40.4 Å². The second-order valence-corrected chi connectivity index (χ2v) is 7.53. The lowest BCUT2D eigenvalue weighted by Crippen LogP contribution is -2.32. The highest BCUT2D eigenvalue weighted by atomic mass is 35.5. The summed E-state index contributed by atoms with van der Waals surface area (Å²) in [4.78, 5) is 28.2. The lowest BCUT2D eigenvalue weighted by Gasteiger charge is -2.16. The van der Waals surface area contributed by atoms with E-state index in [-0.39, 0.29) is 11.3 Å². The third kappa shape index (κ3) is 4.23. The van der Waals surface area contributed by atoms with Crippen LogP contribution in [0.1, 0.15) is 5.56 Å². The highest BCUT2D eigenvalue weighted by Crippen LogP contribution is 2.37. The van der Waals surface area contributed by atoms with E-state index in [1.54, 1.807) is 73.8 Å². The fraction of sp³-hybridized carbons (Fsp3) is 0.120. The fourth-order valence-electron chi connectivity index (χ4n) is 3.57. The Balaban J connectivity index is 1.84. The summed E-state index contributed by atoms with van der Waals surface area (Å²) >= 11 is 6.17. The molecule has 7 nitrogen and oxygen atoms in total. The number of carbonyl (C=O) groups excluding carboxylic acids is 2. The van der Waals surface area contributed by atoms with E-state index in [9.17, 15) is 9.59 Å². The molecular weight excluding hydrogens is 444 g/mol. The standard InChI is InChI=1S/C25H21ClN2O5/c1-31-18-10-7-15(8-11-18)22-23(27-20-13-16(26)9-12-21(20)33-3)25(30)28(24(22)29)17-5-4-6-19(14-17)32-2/h4-14,27H,1-3H3. The van der Waals surface area contributed by atoms with Crippen molar-refractivity contribution in [2.75, 3.05) is 31.5 Å². The van der Waals surface area contributed by atoms with Gasteiger partial charge < -0.3 is 19.5 Å². The molecule has 0 radical (unpaired) electrons. The zero-order valence-corrected chi connectivity index (χ0v) is 19.0. The summed E-state index contributed by atoms with van der Waals surface area (Å²) in [6, 6.07) is 18.7. The van der Waals surface area contributed by atoms with Gasteiger partial charge in [0.15, 0.2) is 0 Å². The van der Waals surface area contributed by atoms with E-state index in [4.69, 9.17) is 25.8 Å². The minimum absolute atomic E-state index is 0.105. The molecule has 0 spiro atoms. The molecule has 4 rings (SSSR count). The van der Waals surface area contributed by atoms with Gasteiger partial charge in [-0.3, -0.25) is 9.59 Å². The molecule has 1 N–H and O–H groups in total. The zero-order chi connectivity index (χ0) is 23.5. The average Bonchev–Trinajstić information content (AvgIpc) is 3.08. The van der Waals surface area contributed by atoms with E-state index < -0.39 is 11.8 Å². The van der Waals surface area contributed by atoms with Crippen LogP contribution in [0.15, 0.2) is 72.4 Å². The van der Waals surface area contributed by atoms with Gasteiger partial charge in [-0.15, -0.1) is 0 Å². The summed E-state index contributed by atoms with van der Waals surface area (Å²) in [5, 5.41) is 3.53. The van der Waals surface area contributed by atoms with E-state index in [1.165, 1.54) is 14.2 Å². The molecule has 2 amide bonds. The number of rotatable bonds is 7. The van der Waals surface area contributed by atoms with Crippen LogP contribution in [0, 0.1) is 0 Å². The van der Waals surface area contributed by atoms with Crippen molar-refractivity contribution in [1.82, 2.24) is 0 Å². The molecule has 3 aromatic rings. The molecule has 33 heavy (non-hydrogen) atoms. The molecule has 0 saturated carbocycles. The summed E-state index contributed by atoms with van der Waals surface area (Å²) in [5.74, 6) is 0.646. The summed E-state index contributed by atoms with van der Waals surface area (Å²) in [6.07, 6.45) is 0. The lowest BCUT2D eigenvalue weighted by atomic mass is 10.0. The number of anilines is 2. The molecule has 0 aromatic heterocycles. The quantitative estimate of drug-likeness (QED) is 0.508. The van der Waals surface area contributed by atoms with E-state index >= 15 is 0 Å². The number of methoxy groups -OCH3 is 3. The van der Waals surface area contributed by atoms with Crippen LogP contribution in [0.4, 0.5) is 11.4 Å². The number of benzene rings is 3. The maximum Gasteiger partial charge on any atom is 0.282 e. The molecule has 0 unspecified atom stereocenters. The van der Waals surface area contributed by atoms with Gasteiger partial charge in [0.2, 0.25) is 0 Å². The van der Waals surface area contributed by atoms with E-state index in [0.29, 0.717) is 39.2 Å². The Morgan fingerprint density at radius 2 is 1.52 bits per heavy atom. The molecule has 8 heteroatoms. The molecule has 0 aliphatic carbocycles. The largest absolute Gasteiger partial charge is 0.497 e. The van der Waals surface area contributed by atoms with Crippen LogP contribution >= 0.6 is 11.6 Å². The van der Waals surface area contributed by atoms with Gasteiger partial charge in [0.25, 0.3) is 11.8 Å². The van der Waals surface area contributed by atoms with Crippen LogP contribution < -0.4 is 24.4 Å². The Morgan fingerprint density at radius 1 is 0.788 bits per heavy atom. The van der Waals surface area contributed by atoms with Crippen LogP contribution in [0.3, 0.4) is 0 Å². The number of carbonyl (C=O) groups is 2. The Kier molecular flexibility index (Phi) is 6.24. The number of halogens is 1. The van der Waals surface area contributed by atoms with Gasteiger partial charge >= 0.3 is 0 Å². The summed E-state index contributed by atoms with van der Waals surface area (Å²) in [6.45, 7) is 0. The van der Waals surface area contributed by atoms with Crippen molar-refractivity contribution in [2.45, 2.75) is 0 Å². The SMILES string of the molecule is COc1ccc(C2=C(Nc3cc(Cl)ccc3OC)C(=O)N(c3cccc(OC)c3)C2=O)cc1. The van der Waals surface area contributed by atoms with Gasteiger partial charge in [-0.25, -0.2) is 4.90 Å². The van der Waals surface area contributed by atoms with E-state index in [2.05, 4.69) is 5.32 Å². The smallest absolute Gasteiger partial charge is 0.282 e. The van der Waals surface area contributed by atoms with Crippen molar-refractivity contribution < 1.29 is 23.8 Å². The highest BCUT2D eigenvalue weighted by molar-refractivity contribution is 6.46. The van der Waals surface area contributed by atoms with Gasteiger partial charge in [-0.2, -0.15) is 0 Å². The first-order chi connectivity index (χ1) is 16.0. The van der Waals surface area contributed by atoms with E-state index in [1.807, 2.05) is 0 Å². The van der Waals surface area contributed by atoms with Crippen molar-refractivity contribution in [3.05, 3.63) is 83.0 Å². The number of amides is 2. The first kappa shape index (κ1) is 22.2. The first-order valence-electron chi connectivity index (χ1n) is 9.99. The number of ether oxygens (including phenoxy) is 3. The van der Waals surface area contributed by atoms with Crippen LogP contribution in [0.5, 0.6) is 17.2 Å². The number of nitrogens with zero attached hydrogens (tertiary/aromatic N) is 1. The molecular formula is C25H21ClN2O5. The normalized spacial score (nSPS) is 13.4. The second kappa shape index (κ2) is 9.26. The second-order valence-electron chi connectivity index (χ2n) is 7.10. The predicted molar refractivity (Wildman–Crippen MR) is 127 cm³/mol. The lowest BCUT2D eigenvalue weighted by molar-refractivity contribution is -0.120. The van der Waals surface area contributed by atoms with Crippen molar-refractivity contribution in [2.24, 2.45) is 0 Å². The predicted octanol–water partition coefficient (Wildman–Crippen LogP) is 4.76. The Morgan fingerprint density at radius 3 is 2.18 bits per heavy atom. The minimum atomic E-state index is -0.513. The summed E-state index contributed by atoms with van der Waals surface area (Å²) in [7, 11) is 4.59. The number of imide groups is 1. The van der Waals surface area contributed by atoms with Gasteiger partial charge in [0.05, 0.1) is 38.3 Å². The Hall–Kier alpha value is -3.97. The Labute approximate surface area is 196 Å². The molecule has 3 aromatic carbocycles. The Bertz CT molecular complexity index is 1250. The molecule has 0 bridgehead atoms. The molecule has 0 saturated heterocycles. The van der Waals surface area contributed by atoms with Crippen LogP contribution in [-0.4, -0.2) is 33.1 Å². The van der Waals surface area contributed by atoms with Crippen LogP contribution in [0.2, 0.25) is 5.02 Å². The van der Waals surface area contributed by atoms with Crippen LogP contribution in [0.25, 0.3) is 5.57 Å². The molecule has 1 aliphatic rings. The van der Waals surface area contributed by atoms with Crippen molar-refractivity contribution in [3.8, 4) is 17.2 Å². The monoisotopic (exact) mass is 464 g/mol. The zero-order valence-electron chi connectivity index (χ0n) is 18.2. The van der Waals surface area contributed by atoms with Crippen molar-refractivity contribution in [3.63, 3.8) is 0 Å². The summed E-state index contributed by atoms with van der Waals surface area (Å²) in [5.41, 5.74) is 1.73. The molecule has 168 valence electrons. The van der Waals surface area contributed by atoms with Gasteiger partial charge in [-0.05, 0) is 48.0 Å². The third-order valence-electron chi connectivity index (χ3n) is 5.20. The van der Waals surface area contributed by atoms with Crippen molar-refractivity contribution in [1.29, 1.82) is 0 Å². The third-order valence-corrected chi connectivity index (χ3v) is 5.43. The summed E-state index contributed by atoms with van der Waals surface area (Å²) < 4.78 is 15.9. The molecule has 1 aliphatic heterocycles. The number of hydrogen-bond acceptors (Lipinski definition) is 6. The molecule has 0 fully saturated rings. The van der Waals surface area contributed by atoms with Crippen LogP contribution in [-0.2, 0) is 9.59 Å². The molecule has 1 heterocycles. The maximum absolute atomic E-state index is 13.6. The topological polar surface area (TPSA) is 77.1 Å². The minimum Gasteiger partial charge on any atom is -0.497 e. The van der Waals surface area contributed by atoms with Gasteiger partial charge in [0, 0.05) is 11.1 Å². The molecule has 0 atom stereocenters. The number of hydrogen-bond donors (Lipinski definition) is 1. The van der Waals surface area contributed by atoms with Gasteiger partial charge in [-0.1, -0.05) is 29.8 Å². The number of nitrogens with one attached hydrogen (secondary N) is 1. The highest BCUT2D eigenvalue weighted by Gasteiger charge is 2.40. The van der Waals surface area contributed by atoms with E-state index in [0.717, 1.165) is 4.90 Å². The van der Waals surface area contributed by atoms with Gasteiger partial charge in [0.1, 0.15) is 22.9 Å². The average molecular weight is 465 g/mol. The fourth-order valence-corrected chi connectivity index (χ4v) is 3.74. The first-order valence-corrected chi connectivity index (χ1v) is 10.4. The maximum atomic E-state index is 13.6.